The van der Waals surface area contributed by atoms with Crippen molar-refractivity contribution in [3.63, 3.8) is 0 Å². The minimum Gasteiger partial charge on any atom is -0.396 e. The Hall–Kier alpha value is -0.680. The summed E-state index contributed by atoms with van der Waals surface area (Å²) in [7, 11) is 0. The summed E-state index contributed by atoms with van der Waals surface area (Å²) in [4.78, 5) is 13.8. The molecule has 1 heterocycles. The van der Waals surface area contributed by atoms with Gasteiger partial charge in [-0.15, -0.1) is 23.1 Å². The monoisotopic (exact) mass is 300 g/mol. The van der Waals surface area contributed by atoms with E-state index in [-0.39, 0.29) is 11.7 Å². The van der Waals surface area contributed by atoms with E-state index in [0.717, 1.165) is 22.9 Å². The minimum absolute atomic E-state index is 0.0106. The van der Waals surface area contributed by atoms with Crippen LogP contribution in [0.4, 0.5) is 10.7 Å². The van der Waals surface area contributed by atoms with Crippen LogP contribution < -0.4 is 11.1 Å². The Morgan fingerprint density at radius 1 is 1.42 bits per heavy atom. The van der Waals surface area contributed by atoms with Gasteiger partial charge in [-0.3, -0.25) is 4.79 Å². The van der Waals surface area contributed by atoms with Gasteiger partial charge in [-0.1, -0.05) is 33.6 Å². The van der Waals surface area contributed by atoms with Crippen molar-refractivity contribution in [1.82, 2.24) is 0 Å². The first-order chi connectivity index (χ1) is 9.02. The third-order valence-corrected chi connectivity index (χ3v) is 5.06. The lowest BCUT2D eigenvalue weighted by Gasteiger charge is -2.05. The van der Waals surface area contributed by atoms with E-state index >= 15 is 0 Å². The van der Waals surface area contributed by atoms with Gasteiger partial charge in [0.1, 0.15) is 5.00 Å². The molecule has 19 heavy (non-hydrogen) atoms. The number of carbonyl (C=O) groups is 1. The van der Waals surface area contributed by atoms with Crippen LogP contribution in [0.1, 0.15) is 49.7 Å². The number of hydrogen-bond donors (Lipinski definition) is 2. The quantitative estimate of drug-likeness (QED) is 0.422. The van der Waals surface area contributed by atoms with Crippen LogP contribution in [0.3, 0.4) is 0 Å². The molecule has 1 aromatic rings. The number of nitrogen functional groups attached to an aromatic ring is 1. The molecule has 3 N–H and O–H groups in total. The molecule has 5 heteroatoms. The first-order valence-corrected chi connectivity index (χ1v) is 8.81. The Balaban J connectivity index is 2.86. The number of ketones is 1. The number of unbranched alkanes of at least 4 members (excludes halogenated alkanes) is 2. The van der Waals surface area contributed by atoms with Gasteiger partial charge in [0.25, 0.3) is 0 Å². The molecule has 0 aliphatic rings. The number of hydrogen-bond acceptors (Lipinski definition) is 5. The zero-order valence-corrected chi connectivity index (χ0v) is 13.8. The SMILES string of the molecule is CCCCCNc1sc(C(=O)C(C)C)c(N)c1SC. The first kappa shape index (κ1) is 16.4. The molecule has 0 saturated heterocycles. The molecule has 0 radical (unpaired) electrons. The van der Waals surface area contributed by atoms with Crippen LogP contribution >= 0.6 is 23.1 Å². The van der Waals surface area contributed by atoms with E-state index in [1.807, 2.05) is 20.1 Å². The third kappa shape index (κ3) is 4.14. The van der Waals surface area contributed by atoms with Crippen molar-refractivity contribution in [2.45, 2.75) is 44.9 Å². The highest BCUT2D eigenvalue weighted by atomic mass is 32.2. The van der Waals surface area contributed by atoms with E-state index < -0.39 is 0 Å². The second kappa shape index (κ2) is 7.80. The average Bonchev–Trinajstić information content (AvgIpc) is 2.70. The molecule has 0 aliphatic carbocycles. The molecular weight excluding hydrogens is 276 g/mol. The number of thioether (sulfide) groups is 1. The summed E-state index contributed by atoms with van der Waals surface area (Å²) < 4.78 is 0. The molecule has 0 unspecified atom stereocenters. The van der Waals surface area contributed by atoms with E-state index in [1.165, 1.54) is 24.2 Å². The van der Waals surface area contributed by atoms with Crippen molar-refractivity contribution in [3.05, 3.63) is 4.88 Å². The Labute approximate surface area is 124 Å². The molecule has 3 nitrogen and oxygen atoms in total. The maximum atomic E-state index is 12.1. The van der Waals surface area contributed by atoms with Crippen LogP contribution in [0.5, 0.6) is 0 Å². The molecule has 0 amide bonds. The Bertz CT molecular complexity index is 427. The number of nitrogens with two attached hydrogens (primary N) is 1. The molecule has 0 saturated carbocycles. The molecule has 0 aromatic carbocycles. The Kier molecular flexibility index (Phi) is 6.72. The van der Waals surface area contributed by atoms with Gasteiger partial charge in [-0.2, -0.15) is 0 Å². The number of carbonyl (C=O) groups excluding carboxylic acids is 1. The second-order valence-electron chi connectivity index (χ2n) is 4.86. The molecule has 0 fully saturated rings. The molecule has 1 aromatic heterocycles. The number of anilines is 2. The van der Waals surface area contributed by atoms with Crippen LogP contribution in [0.25, 0.3) is 0 Å². The van der Waals surface area contributed by atoms with Gasteiger partial charge in [0.05, 0.1) is 15.5 Å². The lowest BCUT2D eigenvalue weighted by Crippen LogP contribution is -2.07. The molecule has 0 bridgehead atoms. The summed E-state index contributed by atoms with van der Waals surface area (Å²) in [5, 5.41) is 4.47. The minimum atomic E-state index is -0.0106. The van der Waals surface area contributed by atoms with E-state index in [4.69, 9.17) is 5.73 Å². The fourth-order valence-corrected chi connectivity index (χ4v) is 3.92. The average molecular weight is 300 g/mol. The van der Waals surface area contributed by atoms with Crippen LogP contribution in [0.15, 0.2) is 4.90 Å². The summed E-state index contributed by atoms with van der Waals surface area (Å²) >= 11 is 3.11. The number of nitrogens with one attached hydrogen (secondary N) is 1. The molecule has 108 valence electrons. The fourth-order valence-electron chi connectivity index (χ4n) is 1.77. The Morgan fingerprint density at radius 3 is 2.63 bits per heavy atom. The smallest absolute Gasteiger partial charge is 0.177 e. The third-order valence-electron chi connectivity index (χ3n) is 2.92. The van der Waals surface area contributed by atoms with Crippen molar-refractivity contribution < 1.29 is 4.79 Å². The lowest BCUT2D eigenvalue weighted by atomic mass is 10.1. The van der Waals surface area contributed by atoms with E-state index in [9.17, 15) is 4.79 Å². The predicted molar refractivity (Wildman–Crippen MR) is 87.7 cm³/mol. The highest BCUT2D eigenvalue weighted by Gasteiger charge is 2.22. The largest absolute Gasteiger partial charge is 0.396 e. The lowest BCUT2D eigenvalue weighted by molar-refractivity contribution is 0.0944. The van der Waals surface area contributed by atoms with Crippen molar-refractivity contribution in [1.29, 1.82) is 0 Å². The topological polar surface area (TPSA) is 55.1 Å². The van der Waals surface area contributed by atoms with Crippen LogP contribution in [0, 0.1) is 5.92 Å². The van der Waals surface area contributed by atoms with Gasteiger partial charge in [-0.25, -0.2) is 0 Å². The number of Topliss-reactive ketones (excluding diaryl/α,β-unsaturated/α-hetero) is 1. The van der Waals surface area contributed by atoms with Gasteiger partial charge >= 0.3 is 0 Å². The van der Waals surface area contributed by atoms with Crippen LogP contribution in [-0.4, -0.2) is 18.6 Å². The fraction of sp³-hybridized carbons (Fsp3) is 0.643. The number of rotatable bonds is 8. The van der Waals surface area contributed by atoms with Gasteiger partial charge in [0.15, 0.2) is 5.78 Å². The standard InChI is InChI=1S/C14H24N2OS2/c1-5-6-7-8-16-14-13(18-4)10(15)12(19-14)11(17)9(2)3/h9,16H,5-8,15H2,1-4H3. The summed E-state index contributed by atoms with van der Waals surface area (Å²) in [6, 6.07) is 0. The molecule has 0 atom stereocenters. The van der Waals surface area contributed by atoms with Crippen molar-refractivity contribution in [2.24, 2.45) is 5.92 Å². The highest BCUT2D eigenvalue weighted by molar-refractivity contribution is 7.99. The summed E-state index contributed by atoms with van der Waals surface area (Å²) in [6.45, 7) is 6.95. The van der Waals surface area contributed by atoms with Crippen molar-refractivity contribution in [3.8, 4) is 0 Å². The van der Waals surface area contributed by atoms with Gasteiger partial charge in [0.2, 0.25) is 0 Å². The molecule has 1 rings (SSSR count). The maximum Gasteiger partial charge on any atom is 0.177 e. The second-order valence-corrected chi connectivity index (χ2v) is 6.70. The highest BCUT2D eigenvalue weighted by Crippen LogP contribution is 2.42. The first-order valence-electron chi connectivity index (χ1n) is 6.77. The van der Waals surface area contributed by atoms with E-state index in [2.05, 4.69) is 12.2 Å². The van der Waals surface area contributed by atoms with E-state index in [1.54, 1.807) is 11.8 Å². The van der Waals surface area contributed by atoms with Crippen molar-refractivity contribution >= 4 is 39.6 Å². The molecule has 0 aliphatic heterocycles. The zero-order valence-electron chi connectivity index (χ0n) is 12.2. The van der Waals surface area contributed by atoms with Gasteiger partial charge in [-0.05, 0) is 12.7 Å². The summed E-state index contributed by atoms with van der Waals surface area (Å²) in [6.07, 6.45) is 5.58. The van der Waals surface area contributed by atoms with Crippen LogP contribution in [0.2, 0.25) is 0 Å². The van der Waals surface area contributed by atoms with E-state index in [0.29, 0.717) is 10.6 Å². The zero-order chi connectivity index (χ0) is 14.4. The molecular formula is C14H24N2OS2. The summed E-state index contributed by atoms with van der Waals surface area (Å²) in [5.41, 5.74) is 6.76. The Morgan fingerprint density at radius 2 is 2.11 bits per heavy atom. The summed E-state index contributed by atoms with van der Waals surface area (Å²) in [5.74, 6) is 0.128. The van der Waals surface area contributed by atoms with Gasteiger partial charge < -0.3 is 11.1 Å². The van der Waals surface area contributed by atoms with Crippen LogP contribution in [-0.2, 0) is 0 Å². The van der Waals surface area contributed by atoms with Crippen molar-refractivity contribution in [2.75, 3.05) is 23.9 Å². The normalized spacial score (nSPS) is 11.0. The predicted octanol–water partition coefficient (Wildman–Crippen LogP) is 4.49. The maximum absolute atomic E-state index is 12.1. The number of thiophene rings is 1. The molecule has 0 spiro atoms. The van der Waals surface area contributed by atoms with Gasteiger partial charge in [0, 0.05) is 12.5 Å².